The summed E-state index contributed by atoms with van der Waals surface area (Å²) in [7, 11) is 0. The number of thioether (sulfide) groups is 2. The molecule has 3 heteroatoms. The second kappa shape index (κ2) is 3.48. The van der Waals surface area contributed by atoms with Gasteiger partial charge in [-0.15, -0.1) is 11.8 Å². The average Bonchev–Trinajstić information content (AvgIpc) is 2.26. The predicted molar refractivity (Wildman–Crippen MR) is 62.7 cm³/mol. The van der Waals surface area contributed by atoms with Crippen LogP contribution in [0.3, 0.4) is 0 Å². The van der Waals surface area contributed by atoms with Crippen LogP contribution in [0.2, 0.25) is 0 Å². The van der Waals surface area contributed by atoms with Crippen molar-refractivity contribution in [3.05, 3.63) is 35.0 Å². The van der Waals surface area contributed by atoms with Gasteiger partial charge in [0, 0.05) is 22.0 Å². The van der Waals surface area contributed by atoms with Gasteiger partial charge in [0.15, 0.2) is 0 Å². The summed E-state index contributed by atoms with van der Waals surface area (Å²) in [6.07, 6.45) is 7.47. The van der Waals surface area contributed by atoms with Gasteiger partial charge in [0.2, 0.25) is 0 Å². The second-order valence-corrected chi connectivity index (χ2v) is 5.23. The fraction of sp³-hybridized carbons (Fsp3) is 0.182. The number of hydrogen-bond donors (Lipinski definition) is 0. The molecule has 3 rings (SSSR count). The van der Waals surface area contributed by atoms with Gasteiger partial charge in [0.25, 0.3) is 0 Å². The number of pyridine rings is 1. The molecule has 1 nitrogen and oxygen atoms in total. The average molecular weight is 219 g/mol. The van der Waals surface area contributed by atoms with Crippen molar-refractivity contribution in [1.29, 1.82) is 0 Å². The van der Waals surface area contributed by atoms with Crippen molar-refractivity contribution in [2.24, 2.45) is 0 Å². The van der Waals surface area contributed by atoms with E-state index in [2.05, 4.69) is 34.7 Å². The first kappa shape index (κ1) is 8.62. The molecule has 0 N–H and O–H groups in total. The van der Waals surface area contributed by atoms with Gasteiger partial charge in [0.05, 0.1) is 11.4 Å². The van der Waals surface area contributed by atoms with E-state index in [4.69, 9.17) is 0 Å². The molecule has 0 saturated heterocycles. The highest BCUT2D eigenvalue weighted by Crippen LogP contribution is 2.35. The molecule has 70 valence electrons. The minimum absolute atomic E-state index is 0.980. The first-order chi connectivity index (χ1) is 6.93. The lowest BCUT2D eigenvalue weighted by molar-refractivity contribution is 0.990. The van der Waals surface area contributed by atoms with Crippen LogP contribution in [0.25, 0.3) is 6.08 Å². The Kier molecular flexibility index (Phi) is 2.14. The van der Waals surface area contributed by atoms with E-state index in [-0.39, 0.29) is 0 Å². The summed E-state index contributed by atoms with van der Waals surface area (Å²) in [4.78, 5) is 7.33. The zero-order chi connectivity index (χ0) is 9.38. The van der Waals surface area contributed by atoms with E-state index < -0.39 is 0 Å². The van der Waals surface area contributed by atoms with Crippen LogP contribution in [-0.2, 0) is 6.42 Å². The Balaban J connectivity index is 2.14. The van der Waals surface area contributed by atoms with E-state index in [1.54, 1.807) is 11.8 Å². The Morgan fingerprint density at radius 1 is 1.21 bits per heavy atom. The molecule has 1 aromatic heterocycles. The fourth-order valence-electron chi connectivity index (χ4n) is 1.59. The van der Waals surface area contributed by atoms with Crippen LogP contribution in [0.4, 0.5) is 0 Å². The monoisotopic (exact) mass is 219 g/mol. The summed E-state index contributed by atoms with van der Waals surface area (Å²) in [6, 6.07) is 2.28. The molecule has 2 aliphatic heterocycles. The van der Waals surface area contributed by atoms with Crippen molar-refractivity contribution < 1.29 is 0 Å². The third-order valence-corrected chi connectivity index (χ3v) is 4.20. The molecule has 2 aliphatic rings. The van der Waals surface area contributed by atoms with Crippen LogP contribution in [-0.4, -0.2) is 10.7 Å². The van der Waals surface area contributed by atoms with Gasteiger partial charge in [-0.05, 0) is 17.6 Å². The van der Waals surface area contributed by atoms with Crippen molar-refractivity contribution in [2.45, 2.75) is 16.2 Å². The zero-order valence-electron chi connectivity index (χ0n) is 7.56. The van der Waals surface area contributed by atoms with Crippen LogP contribution >= 0.6 is 23.5 Å². The summed E-state index contributed by atoms with van der Waals surface area (Å²) in [5, 5.41) is 2.15. The van der Waals surface area contributed by atoms with E-state index >= 15 is 0 Å². The molecular weight excluding hydrogens is 210 g/mol. The summed E-state index contributed by atoms with van der Waals surface area (Å²) >= 11 is 3.66. The molecule has 0 fully saturated rings. The minimum atomic E-state index is 0.980. The van der Waals surface area contributed by atoms with E-state index in [1.807, 2.05) is 11.8 Å². The highest BCUT2D eigenvalue weighted by Gasteiger charge is 2.13. The number of hydrogen-bond acceptors (Lipinski definition) is 3. The number of fused-ring (bicyclic) bond motifs is 2. The maximum atomic E-state index is 4.67. The largest absolute Gasteiger partial charge is 0.251 e. The molecule has 0 spiro atoms. The van der Waals surface area contributed by atoms with Gasteiger partial charge in [-0.2, -0.15) is 0 Å². The van der Waals surface area contributed by atoms with Crippen LogP contribution in [0.5, 0.6) is 0 Å². The minimum Gasteiger partial charge on any atom is -0.251 e. The van der Waals surface area contributed by atoms with Gasteiger partial charge in [-0.25, -0.2) is 0 Å². The highest BCUT2D eigenvalue weighted by molar-refractivity contribution is 8.02. The second-order valence-electron chi connectivity index (χ2n) is 3.22. The van der Waals surface area contributed by atoms with Crippen molar-refractivity contribution in [2.75, 3.05) is 5.75 Å². The first-order valence-corrected chi connectivity index (χ1v) is 6.45. The normalized spacial score (nSPS) is 17.7. The molecule has 0 unspecified atom stereocenters. The SMILES string of the molecule is C1=Cc2nc3c(cc2SC1)SC=CC3. The molecule has 0 saturated carbocycles. The van der Waals surface area contributed by atoms with E-state index in [0.717, 1.165) is 17.9 Å². The van der Waals surface area contributed by atoms with Crippen molar-refractivity contribution in [1.82, 2.24) is 4.98 Å². The Bertz CT molecular complexity index is 435. The van der Waals surface area contributed by atoms with Crippen molar-refractivity contribution in [3.8, 4) is 0 Å². The van der Waals surface area contributed by atoms with Gasteiger partial charge >= 0.3 is 0 Å². The lowest BCUT2D eigenvalue weighted by atomic mass is 10.2. The topological polar surface area (TPSA) is 12.9 Å². The van der Waals surface area contributed by atoms with Crippen molar-refractivity contribution >= 4 is 29.6 Å². The fourth-order valence-corrected chi connectivity index (χ4v) is 3.29. The summed E-state index contributed by atoms with van der Waals surface area (Å²) in [5.41, 5.74) is 2.37. The maximum absolute atomic E-state index is 4.67. The van der Waals surface area contributed by atoms with Gasteiger partial charge in [-0.1, -0.05) is 23.9 Å². The third kappa shape index (κ3) is 1.41. The smallest absolute Gasteiger partial charge is 0.0766 e. The Morgan fingerprint density at radius 3 is 3.21 bits per heavy atom. The molecule has 0 bridgehead atoms. The molecule has 0 atom stereocenters. The van der Waals surface area contributed by atoms with Crippen LogP contribution in [0, 0.1) is 0 Å². The highest BCUT2D eigenvalue weighted by atomic mass is 32.2. The number of rotatable bonds is 0. The Hall–Kier alpha value is -0.670. The van der Waals surface area contributed by atoms with E-state index in [1.165, 1.54) is 15.5 Å². The van der Waals surface area contributed by atoms with Gasteiger partial charge in [0.1, 0.15) is 0 Å². The quantitative estimate of drug-likeness (QED) is 0.664. The standard InChI is InChI=1S/C11H9NS2/c1-3-8-10(13-5-1)7-11-9(12-8)4-2-6-14-11/h1-3,6-7H,4-5H2. The third-order valence-electron chi connectivity index (χ3n) is 2.27. The zero-order valence-corrected chi connectivity index (χ0v) is 9.20. The van der Waals surface area contributed by atoms with Gasteiger partial charge in [-0.3, -0.25) is 4.98 Å². The number of nitrogens with zero attached hydrogens (tertiary/aromatic N) is 1. The summed E-state index contributed by atoms with van der Waals surface area (Å²) in [6.45, 7) is 0. The van der Waals surface area contributed by atoms with Crippen LogP contribution < -0.4 is 0 Å². The van der Waals surface area contributed by atoms with Crippen LogP contribution in [0.15, 0.2) is 33.4 Å². The molecule has 3 heterocycles. The summed E-state index contributed by atoms with van der Waals surface area (Å²) in [5.74, 6) is 1.08. The lowest BCUT2D eigenvalue weighted by Gasteiger charge is -2.15. The molecule has 0 aromatic carbocycles. The number of allylic oxidation sites excluding steroid dienone is 1. The molecule has 0 amide bonds. The first-order valence-electron chi connectivity index (χ1n) is 4.58. The molecule has 1 aromatic rings. The molecule has 0 radical (unpaired) electrons. The van der Waals surface area contributed by atoms with Gasteiger partial charge < -0.3 is 0 Å². The Morgan fingerprint density at radius 2 is 2.21 bits per heavy atom. The van der Waals surface area contributed by atoms with E-state index in [0.29, 0.717) is 0 Å². The lowest BCUT2D eigenvalue weighted by Crippen LogP contribution is -2.00. The molecule has 14 heavy (non-hydrogen) atoms. The predicted octanol–water partition coefficient (Wildman–Crippen LogP) is 3.36. The Labute approximate surface area is 91.7 Å². The van der Waals surface area contributed by atoms with Crippen LogP contribution in [0.1, 0.15) is 11.4 Å². The summed E-state index contributed by atoms with van der Waals surface area (Å²) < 4.78 is 0. The number of aromatic nitrogens is 1. The molecule has 0 aliphatic carbocycles. The van der Waals surface area contributed by atoms with E-state index in [9.17, 15) is 0 Å². The maximum Gasteiger partial charge on any atom is 0.0766 e. The molecular formula is C11H9NS2. The van der Waals surface area contributed by atoms with Crippen molar-refractivity contribution in [3.63, 3.8) is 0 Å².